The highest BCUT2D eigenvalue weighted by Gasteiger charge is 2.08. The molecule has 1 nitrogen and oxygen atoms in total. The Balaban J connectivity index is 2.26. The minimum atomic E-state index is -0.457. The molecule has 0 radical (unpaired) electrons. The van der Waals surface area contributed by atoms with Crippen molar-refractivity contribution < 1.29 is 5.11 Å². The summed E-state index contributed by atoms with van der Waals surface area (Å²) < 4.78 is 2.03. The fraction of sp³-hybridized carbons (Fsp3) is 0.143. The molecule has 2 aromatic carbocycles. The number of aliphatic hydroxyl groups is 1. The smallest absolute Gasteiger partial charge is 0.0772 e. The van der Waals surface area contributed by atoms with E-state index in [9.17, 15) is 5.11 Å². The Bertz CT molecular complexity index is 555. The van der Waals surface area contributed by atoms with Crippen LogP contribution in [0.4, 0.5) is 0 Å². The van der Waals surface area contributed by atoms with Crippen LogP contribution in [0.1, 0.15) is 18.6 Å². The second-order valence-electron chi connectivity index (χ2n) is 3.89. The molecule has 2 aromatic rings. The van der Waals surface area contributed by atoms with Gasteiger partial charge < -0.3 is 5.11 Å². The standard InChI is InChI=1S/C14H12Br2OS/c1-9(17)11-7-6-10(8-13(11)16)18-14-5-3-2-4-12(14)15/h2-9,17H,1H3. The fourth-order valence-corrected chi connectivity index (χ4v) is 3.83. The molecular formula is C14H12Br2OS. The minimum absolute atomic E-state index is 0.457. The lowest BCUT2D eigenvalue weighted by molar-refractivity contribution is 0.198. The van der Waals surface area contributed by atoms with Crippen molar-refractivity contribution in [3.63, 3.8) is 0 Å². The normalized spacial score (nSPS) is 12.4. The van der Waals surface area contributed by atoms with Crippen LogP contribution in [0, 0.1) is 0 Å². The average molecular weight is 388 g/mol. The van der Waals surface area contributed by atoms with E-state index < -0.39 is 6.10 Å². The van der Waals surface area contributed by atoms with Crippen LogP contribution in [0.2, 0.25) is 0 Å². The summed E-state index contributed by atoms with van der Waals surface area (Å²) in [6.07, 6.45) is -0.457. The Morgan fingerprint density at radius 1 is 1.06 bits per heavy atom. The molecule has 0 aliphatic carbocycles. The Morgan fingerprint density at radius 3 is 2.39 bits per heavy atom. The number of hydrogen-bond acceptors (Lipinski definition) is 2. The molecule has 94 valence electrons. The topological polar surface area (TPSA) is 20.2 Å². The van der Waals surface area contributed by atoms with Crippen LogP contribution in [0.5, 0.6) is 0 Å². The van der Waals surface area contributed by atoms with E-state index in [0.29, 0.717) is 0 Å². The SMILES string of the molecule is CC(O)c1ccc(Sc2ccccc2Br)cc1Br. The molecule has 0 aromatic heterocycles. The zero-order valence-corrected chi connectivity index (χ0v) is 13.7. The van der Waals surface area contributed by atoms with E-state index in [1.807, 2.05) is 36.4 Å². The molecule has 0 spiro atoms. The van der Waals surface area contributed by atoms with Gasteiger partial charge >= 0.3 is 0 Å². The Labute approximate surface area is 128 Å². The van der Waals surface area contributed by atoms with Crippen LogP contribution in [-0.2, 0) is 0 Å². The Kier molecular flexibility index (Phi) is 4.90. The lowest BCUT2D eigenvalue weighted by atomic mass is 10.1. The molecule has 2 rings (SSSR count). The van der Waals surface area contributed by atoms with Crippen molar-refractivity contribution in [2.24, 2.45) is 0 Å². The van der Waals surface area contributed by atoms with Gasteiger partial charge in [0.1, 0.15) is 0 Å². The van der Waals surface area contributed by atoms with E-state index in [2.05, 4.69) is 37.9 Å². The van der Waals surface area contributed by atoms with Crippen LogP contribution in [0.25, 0.3) is 0 Å². The summed E-state index contributed by atoms with van der Waals surface area (Å²) in [5, 5.41) is 9.58. The molecule has 0 heterocycles. The molecule has 0 saturated heterocycles. The van der Waals surface area contributed by atoms with Gasteiger partial charge in [0.25, 0.3) is 0 Å². The molecule has 0 amide bonds. The van der Waals surface area contributed by atoms with Crippen molar-refractivity contribution in [3.8, 4) is 0 Å². The van der Waals surface area contributed by atoms with Crippen LogP contribution in [-0.4, -0.2) is 5.11 Å². The van der Waals surface area contributed by atoms with E-state index in [4.69, 9.17) is 0 Å². The predicted molar refractivity (Wildman–Crippen MR) is 83.0 cm³/mol. The molecule has 0 saturated carbocycles. The molecule has 1 unspecified atom stereocenters. The van der Waals surface area contributed by atoms with Crippen molar-refractivity contribution in [2.45, 2.75) is 22.8 Å². The fourth-order valence-electron chi connectivity index (χ4n) is 1.56. The van der Waals surface area contributed by atoms with Crippen molar-refractivity contribution in [2.75, 3.05) is 0 Å². The molecule has 0 fully saturated rings. The van der Waals surface area contributed by atoms with E-state index in [1.54, 1.807) is 18.7 Å². The van der Waals surface area contributed by atoms with Gasteiger partial charge in [-0.05, 0) is 52.7 Å². The zero-order chi connectivity index (χ0) is 13.1. The van der Waals surface area contributed by atoms with Gasteiger partial charge in [-0.1, -0.05) is 45.9 Å². The van der Waals surface area contributed by atoms with Gasteiger partial charge in [-0.2, -0.15) is 0 Å². The number of hydrogen-bond donors (Lipinski definition) is 1. The lowest BCUT2D eigenvalue weighted by Crippen LogP contribution is -1.92. The quantitative estimate of drug-likeness (QED) is 0.758. The first-order valence-corrected chi connectivity index (χ1v) is 7.88. The second-order valence-corrected chi connectivity index (χ2v) is 6.72. The van der Waals surface area contributed by atoms with Crippen molar-refractivity contribution in [1.29, 1.82) is 0 Å². The minimum Gasteiger partial charge on any atom is -0.389 e. The second kappa shape index (κ2) is 6.24. The highest BCUT2D eigenvalue weighted by Crippen LogP contribution is 2.36. The molecule has 4 heteroatoms. The summed E-state index contributed by atoms with van der Waals surface area (Å²) in [4.78, 5) is 2.31. The summed E-state index contributed by atoms with van der Waals surface area (Å²) >= 11 is 8.72. The molecule has 0 bridgehead atoms. The van der Waals surface area contributed by atoms with Gasteiger partial charge in [0.05, 0.1) is 6.10 Å². The Hall–Kier alpha value is -0.290. The first-order valence-electron chi connectivity index (χ1n) is 5.48. The Morgan fingerprint density at radius 2 is 1.78 bits per heavy atom. The summed E-state index contributed by atoms with van der Waals surface area (Å²) in [6.45, 7) is 1.76. The largest absolute Gasteiger partial charge is 0.389 e. The van der Waals surface area contributed by atoms with Crippen LogP contribution in [0.3, 0.4) is 0 Å². The number of aliphatic hydroxyl groups excluding tert-OH is 1. The summed E-state index contributed by atoms with van der Waals surface area (Å²) in [5.41, 5.74) is 0.909. The van der Waals surface area contributed by atoms with Crippen LogP contribution >= 0.6 is 43.6 Å². The van der Waals surface area contributed by atoms with Crippen LogP contribution < -0.4 is 0 Å². The maximum atomic E-state index is 9.58. The maximum absolute atomic E-state index is 9.58. The van der Waals surface area contributed by atoms with E-state index in [1.165, 1.54) is 4.90 Å². The van der Waals surface area contributed by atoms with E-state index >= 15 is 0 Å². The van der Waals surface area contributed by atoms with E-state index in [0.717, 1.165) is 19.4 Å². The third-order valence-electron chi connectivity index (χ3n) is 2.49. The van der Waals surface area contributed by atoms with E-state index in [-0.39, 0.29) is 0 Å². The number of halogens is 2. The van der Waals surface area contributed by atoms with Crippen molar-refractivity contribution >= 4 is 43.6 Å². The van der Waals surface area contributed by atoms with Gasteiger partial charge in [-0.25, -0.2) is 0 Å². The molecule has 18 heavy (non-hydrogen) atoms. The van der Waals surface area contributed by atoms with Gasteiger partial charge in [0, 0.05) is 18.7 Å². The third-order valence-corrected chi connectivity index (χ3v) is 5.19. The number of rotatable bonds is 3. The highest BCUT2D eigenvalue weighted by molar-refractivity contribution is 9.10. The first-order chi connectivity index (χ1) is 8.58. The molecule has 1 atom stereocenters. The maximum Gasteiger partial charge on any atom is 0.0772 e. The van der Waals surface area contributed by atoms with Gasteiger partial charge in [-0.3, -0.25) is 0 Å². The predicted octanol–water partition coefficient (Wildman–Crippen LogP) is 5.42. The lowest BCUT2D eigenvalue weighted by Gasteiger charge is -2.10. The molecule has 1 N–H and O–H groups in total. The number of benzene rings is 2. The van der Waals surface area contributed by atoms with Crippen molar-refractivity contribution in [3.05, 3.63) is 57.0 Å². The molecule has 0 aliphatic rings. The average Bonchev–Trinajstić information content (AvgIpc) is 2.32. The van der Waals surface area contributed by atoms with Gasteiger partial charge in [-0.15, -0.1) is 0 Å². The van der Waals surface area contributed by atoms with Gasteiger partial charge in [0.2, 0.25) is 0 Å². The monoisotopic (exact) mass is 386 g/mol. The van der Waals surface area contributed by atoms with Gasteiger partial charge in [0.15, 0.2) is 0 Å². The molecule has 0 aliphatic heterocycles. The van der Waals surface area contributed by atoms with Crippen LogP contribution in [0.15, 0.2) is 61.2 Å². The molecular weight excluding hydrogens is 376 g/mol. The van der Waals surface area contributed by atoms with Crippen molar-refractivity contribution in [1.82, 2.24) is 0 Å². The highest BCUT2D eigenvalue weighted by atomic mass is 79.9. The summed E-state index contributed by atoms with van der Waals surface area (Å²) in [6, 6.07) is 14.1. The summed E-state index contributed by atoms with van der Waals surface area (Å²) in [7, 11) is 0. The zero-order valence-electron chi connectivity index (χ0n) is 9.73. The third kappa shape index (κ3) is 3.38. The first kappa shape index (κ1) is 14.1. The summed E-state index contributed by atoms with van der Waals surface area (Å²) in [5.74, 6) is 0.